The van der Waals surface area contributed by atoms with Crippen molar-refractivity contribution in [2.45, 2.75) is 25.3 Å². The van der Waals surface area contributed by atoms with Gasteiger partial charge in [0.15, 0.2) is 0 Å². The minimum atomic E-state index is 0. The number of hydrogen-bond donors (Lipinski definition) is 2. The monoisotopic (exact) mass is 363 g/mol. The number of ether oxygens (including phenoxy) is 1. The molecule has 0 saturated carbocycles. The molecular formula is C16H27Cl2N3O2. The molecule has 23 heavy (non-hydrogen) atoms. The number of likely N-dealkylation sites (tertiary alicyclic amines) is 1. The van der Waals surface area contributed by atoms with Crippen LogP contribution in [-0.2, 0) is 16.0 Å². The maximum absolute atomic E-state index is 12.0. The van der Waals surface area contributed by atoms with Crippen molar-refractivity contribution >= 4 is 36.4 Å². The molecule has 1 unspecified atom stereocenters. The molecule has 0 aliphatic carbocycles. The zero-order valence-electron chi connectivity index (χ0n) is 13.5. The van der Waals surface area contributed by atoms with Crippen LogP contribution in [0.25, 0.3) is 0 Å². The molecule has 2 rings (SSSR count). The first-order chi connectivity index (χ1) is 10.2. The lowest BCUT2D eigenvalue weighted by Gasteiger charge is -2.24. The van der Waals surface area contributed by atoms with Crippen molar-refractivity contribution in [1.82, 2.24) is 10.2 Å². The molecule has 1 aliphatic rings. The first-order valence-corrected chi connectivity index (χ1v) is 7.53. The fourth-order valence-electron chi connectivity index (χ4n) is 2.74. The summed E-state index contributed by atoms with van der Waals surface area (Å²) < 4.78 is 5.13. The molecule has 1 aliphatic heterocycles. The van der Waals surface area contributed by atoms with E-state index in [1.54, 1.807) is 7.11 Å². The SMILES string of the molecule is COCCN1CCCC1CNC(=O)Cc1ccc(N)cc1.Cl.Cl. The molecule has 5 nitrogen and oxygen atoms in total. The summed E-state index contributed by atoms with van der Waals surface area (Å²) in [6.45, 7) is 3.50. The molecule has 1 aromatic rings. The first-order valence-electron chi connectivity index (χ1n) is 7.53. The van der Waals surface area contributed by atoms with Crippen LogP contribution in [0.5, 0.6) is 0 Å². The number of nitrogens with zero attached hydrogens (tertiary/aromatic N) is 1. The normalized spacial score (nSPS) is 17.2. The molecule has 0 aromatic heterocycles. The van der Waals surface area contributed by atoms with Crippen molar-refractivity contribution in [3.05, 3.63) is 29.8 Å². The topological polar surface area (TPSA) is 67.6 Å². The van der Waals surface area contributed by atoms with Crippen LogP contribution in [0, 0.1) is 0 Å². The van der Waals surface area contributed by atoms with Crippen LogP contribution in [0.2, 0.25) is 0 Å². The van der Waals surface area contributed by atoms with Gasteiger partial charge in [0.25, 0.3) is 0 Å². The van der Waals surface area contributed by atoms with Crippen molar-refractivity contribution in [2.75, 3.05) is 39.1 Å². The Morgan fingerprint density at radius 2 is 2.04 bits per heavy atom. The number of nitrogen functional groups attached to an aromatic ring is 1. The highest BCUT2D eigenvalue weighted by atomic mass is 35.5. The molecule has 3 N–H and O–H groups in total. The molecule has 7 heteroatoms. The third kappa shape index (κ3) is 7.40. The van der Waals surface area contributed by atoms with Gasteiger partial charge in [0.05, 0.1) is 13.0 Å². The number of anilines is 1. The molecule has 1 fully saturated rings. The van der Waals surface area contributed by atoms with E-state index in [-0.39, 0.29) is 30.7 Å². The summed E-state index contributed by atoms with van der Waals surface area (Å²) in [5.41, 5.74) is 7.35. The molecular weight excluding hydrogens is 337 g/mol. The largest absolute Gasteiger partial charge is 0.399 e. The number of nitrogens with two attached hydrogens (primary N) is 1. The zero-order chi connectivity index (χ0) is 15.1. The standard InChI is InChI=1S/C16H25N3O2.2ClH/c1-21-10-9-19-8-2-3-15(19)12-18-16(20)11-13-4-6-14(17)7-5-13;;/h4-7,15H,2-3,8-12,17H2,1H3,(H,18,20);2*1H. The van der Waals surface area contributed by atoms with Gasteiger partial charge in [-0.15, -0.1) is 24.8 Å². The van der Waals surface area contributed by atoms with Crippen molar-refractivity contribution in [1.29, 1.82) is 0 Å². The maximum atomic E-state index is 12.0. The van der Waals surface area contributed by atoms with Crippen molar-refractivity contribution in [2.24, 2.45) is 0 Å². The van der Waals surface area contributed by atoms with Gasteiger partial charge in [-0.3, -0.25) is 9.69 Å². The summed E-state index contributed by atoms with van der Waals surface area (Å²) in [4.78, 5) is 14.4. The number of carbonyl (C=O) groups excluding carboxylic acids is 1. The highest BCUT2D eigenvalue weighted by molar-refractivity contribution is 5.85. The Kier molecular flexibility index (Phi) is 11.0. The third-order valence-corrected chi connectivity index (χ3v) is 3.96. The number of carbonyl (C=O) groups is 1. The van der Waals surface area contributed by atoms with E-state index in [0.29, 0.717) is 12.5 Å². The second kappa shape index (κ2) is 11.5. The minimum Gasteiger partial charge on any atom is -0.399 e. The van der Waals surface area contributed by atoms with Gasteiger partial charge in [-0.05, 0) is 37.1 Å². The lowest BCUT2D eigenvalue weighted by atomic mass is 10.1. The summed E-state index contributed by atoms with van der Waals surface area (Å²) in [5.74, 6) is 0.0679. The van der Waals surface area contributed by atoms with Crippen LogP contribution < -0.4 is 11.1 Å². The van der Waals surface area contributed by atoms with E-state index in [4.69, 9.17) is 10.5 Å². The summed E-state index contributed by atoms with van der Waals surface area (Å²) in [7, 11) is 1.72. The number of hydrogen-bond acceptors (Lipinski definition) is 4. The van der Waals surface area contributed by atoms with Gasteiger partial charge >= 0.3 is 0 Å². The Bertz CT molecular complexity index is 457. The minimum absolute atomic E-state index is 0. The Balaban J connectivity index is 0.00000242. The molecule has 1 atom stereocenters. The Morgan fingerprint density at radius 3 is 2.70 bits per heavy atom. The predicted octanol–water partition coefficient (Wildman–Crippen LogP) is 1.88. The smallest absolute Gasteiger partial charge is 0.224 e. The molecule has 1 heterocycles. The number of rotatable bonds is 7. The number of halogens is 2. The van der Waals surface area contributed by atoms with E-state index in [9.17, 15) is 4.79 Å². The molecule has 0 radical (unpaired) electrons. The van der Waals surface area contributed by atoms with E-state index in [2.05, 4.69) is 10.2 Å². The zero-order valence-corrected chi connectivity index (χ0v) is 15.1. The van der Waals surface area contributed by atoms with Crippen molar-refractivity contribution < 1.29 is 9.53 Å². The van der Waals surface area contributed by atoms with Gasteiger partial charge in [0.1, 0.15) is 0 Å². The Labute approximate surface area is 150 Å². The van der Waals surface area contributed by atoms with Crippen LogP contribution in [0.15, 0.2) is 24.3 Å². The van der Waals surface area contributed by atoms with Crippen molar-refractivity contribution in [3.8, 4) is 0 Å². The molecule has 1 amide bonds. The van der Waals surface area contributed by atoms with Crippen LogP contribution in [0.1, 0.15) is 18.4 Å². The molecule has 1 aromatic carbocycles. The van der Waals surface area contributed by atoms with E-state index >= 15 is 0 Å². The Morgan fingerprint density at radius 1 is 1.35 bits per heavy atom. The summed E-state index contributed by atoms with van der Waals surface area (Å²) in [6.07, 6.45) is 2.75. The van der Waals surface area contributed by atoms with Gasteiger partial charge in [0.2, 0.25) is 5.91 Å². The number of amides is 1. The summed E-state index contributed by atoms with van der Waals surface area (Å²) >= 11 is 0. The summed E-state index contributed by atoms with van der Waals surface area (Å²) in [6, 6.07) is 7.89. The quantitative estimate of drug-likeness (QED) is 0.725. The lowest BCUT2D eigenvalue weighted by molar-refractivity contribution is -0.120. The van der Waals surface area contributed by atoms with Crippen LogP contribution in [0.3, 0.4) is 0 Å². The first kappa shape index (κ1) is 22.0. The van der Waals surface area contributed by atoms with Gasteiger partial charge in [-0.1, -0.05) is 12.1 Å². The number of methoxy groups -OCH3 is 1. The molecule has 1 saturated heterocycles. The second-order valence-corrected chi connectivity index (χ2v) is 5.55. The average molecular weight is 364 g/mol. The van der Waals surface area contributed by atoms with E-state index < -0.39 is 0 Å². The van der Waals surface area contributed by atoms with Gasteiger partial charge in [-0.2, -0.15) is 0 Å². The highest BCUT2D eigenvalue weighted by Crippen LogP contribution is 2.16. The second-order valence-electron chi connectivity index (χ2n) is 5.55. The number of nitrogens with one attached hydrogen (secondary N) is 1. The van der Waals surface area contributed by atoms with Gasteiger partial charge in [-0.25, -0.2) is 0 Å². The lowest BCUT2D eigenvalue weighted by Crippen LogP contribution is -2.41. The van der Waals surface area contributed by atoms with Crippen LogP contribution in [-0.4, -0.2) is 50.2 Å². The maximum Gasteiger partial charge on any atom is 0.224 e. The van der Waals surface area contributed by atoms with E-state index in [1.807, 2.05) is 24.3 Å². The fraction of sp³-hybridized carbons (Fsp3) is 0.562. The van der Waals surface area contributed by atoms with Gasteiger partial charge in [0, 0.05) is 31.9 Å². The highest BCUT2D eigenvalue weighted by Gasteiger charge is 2.24. The predicted molar refractivity (Wildman–Crippen MR) is 98.5 cm³/mol. The average Bonchev–Trinajstić information content (AvgIpc) is 2.93. The van der Waals surface area contributed by atoms with Crippen LogP contribution in [0.4, 0.5) is 5.69 Å². The molecule has 0 spiro atoms. The fourth-order valence-corrected chi connectivity index (χ4v) is 2.74. The van der Waals surface area contributed by atoms with Crippen molar-refractivity contribution in [3.63, 3.8) is 0 Å². The molecule has 0 bridgehead atoms. The third-order valence-electron chi connectivity index (χ3n) is 3.96. The molecule has 132 valence electrons. The van der Waals surface area contributed by atoms with E-state index in [1.165, 1.54) is 6.42 Å². The Hall–Kier alpha value is -1.01. The number of benzene rings is 1. The van der Waals surface area contributed by atoms with Gasteiger partial charge < -0.3 is 15.8 Å². The van der Waals surface area contributed by atoms with E-state index in [0.717, 1.165) is 43.9 Å². The van der Waals surface area contributed by atoms with Crippen LogP contribution >= 0.6 is 24.8 Å². The summed E-state index contributed by atoms with van der Waals surface area (Å²) in [5, 5.41) is 3.04.